The Morgan fingerprint density at radius 1 is 1.29 bits per heavy atom. The van der Waals surface area contributed by atoms with E-state index in [9.17, 15) is 14.4 Å². The summed E-state index contributed by atoms with van der Waals surface area (Å²) in [6.45, 7) is 4.61. The van der Waals surface area contributed by atoms with Gasteiger partial charge in [0.15, 0.2) is 5.58 Å². The minimum atomic E-state index is -1.10. The maximum atomic E-state index is 12.1. The Labute approximate surface area is 120 Å². The second-order valence-electron chi connectivity index (χ2n) is 4.51. The minimum Gasteiger partial charge on any atom is -0.478 e. The zero-order valence-electron chi connectivity index (χ0n) is 11.8. The van der Waals surface area contributed by atoms with Gasteiger partial charge in [-0.1, -0.05) is 0 Å². The Morgan fingerprint density at radius 3 is 2.52 bits per heavy atom. The van der Waals surface area contributed by atoms with E-state index in [0.717, 1.165) is 4.57 Å². The largest absolute Gasteiger partial charge is 0.478 e. The lowest BCUT2D eigenvalue weighted by atomic mass is 10.2. The van der Waals surface area contributed by atoms with Crippen LogP contribution in [0.5, 0.6) is 0 Å². The van der Waals surface area contributed by atoms with Crippen molar-refractivity contribution >= 4 is 23.0 Å². The number of carboxylic acid groups (broad SMARTS) is 1. The topological polar surface area (TPSA) is 92.8 Å². The highest BCUT2D eigenvalue weighted by Gasteiger charge is 2.17. The average Bonchev–Trinajstić information content (AvgIpc) is 2.75. The lowest BCUT2D eigenvalue weighted by Gasteiger charge is -2.18. The van der Waals surface area contributed by atoms with Crippen molar-refractivity contribution in [3.63, 3.8) is 0 Å². The predicted molar refractivity (Wildman–Crippen MR) is 75.4 cm³/mol. The van der Waals surface area contributed by atoms with Gasteiger partial charge < -0.3 is 14.4 Å². The maximum absolute atomic E-state index is 12.1. The van der Waals surface area contributed by atoms with Crippen molar-refractivity contribution in [2.24, 2.45) is 0 Å². The molecule has 1 heterocycles. The molecule has 0 atom stereocenters. The number of nitrogens with zero attached hydrogens (tertiary/aromatic N) is 2. The monoisotopic (exact) mass is 292 g/mol. The fourth-order valence-corrected chi connectivity index (χ4v) is 2.16. The average molecular weight is 292 g/mol. The number of benzene rings is 1. The van der Waals surface area contributed by atoms with Crippen LogP contribution in [0.1, 0.15) is 24.2 Å². The number of oxazole rings is 1. The number of rotatable bonds is 5. The Morgan fingerprint density at radius 2 is 1.95 bits per heavy atom. The molecule has 0 bridgehead atoms. The van der Waals surface area contributed by atoms with Gasteiger partial charge in [0, 0.05) is 13.1 Å². The van der Waals surface area contributed by atoms with Crippen LogP contribution in [0.4, 0.5) is 0 Å². The summed E-state index contributed by atoms with van der Waals surface area (Å²) in [5.41, 5.74) is 0.602. The highest BCUT2D eigenvalue weighted by molar-refractivity contribution is 5.92. The molecule has 2 aromatic rings. The highest BCUT2D eigenvalue weighted by atomic mass is 16.4. The van der Waals surface area contributed by atoms with Gasteiger partial charge in [-0.15, -0.1) is 0 Å². The van der Waals surface area contributed by atoms with Crippen LogP contribution in [-0.4, -0.2) is 39.5 Å². The number of carboxylic acids is 1. The Balaban J connectivity index is 2.45. The summed E-state index contributed by atoms with van der Waals surface area (Å²) in [6, 6.07) is 4.10. The number of hydrogen-bond acceptors (Lipinski definition) is 4. The highest BCUT2D eigenvalue weighted by Crippen LogP contribution is 2.15. The molecular formula is C14H16N2O5. The third kappa shape index (κ3) is 2.81. The van der Waals surface area contributed by atoms with Crippen LogP contribution in [0, 0.1) is 0 Å². The molecule has 7 nitrogen and oxygen atoms in total. The number of likely N-dealkylation sites (N-methyl/N-ethyl adjacent to an activating group) is 1. The summed E-state index contributed by atoms with van der Waals surface area (Å²) < 4.78 is 6.18. The van der Waals surface area contributed by atoms with Crippen LogP contribution < -0.4 is 5.76 Å². The second-order valence-corrected chi connectivity index (χ2v) is 4.51. The lowest BCUT2D eigenvalue weighted by Crippen LogP contribution is -2.35. The Bertz CT molecular complexity index is 739. The number of aromatic carboxylic acids is 1. The first-order chi connectivity index (χ1) is 9.97. The van der Waals surface area contributed by atoms with Gasteiger partial charge in [-0.2, -0.15) is 0 Å². The first-order valence-corrected chi connectivity index (χ1v) is 6.62. The molecule has 1 aromatic heterocycles. The van der Waals surface area contributed by atoms with Gasteiger partial charge in [-0.3, -0.25) is 9.36 Å². The summed E-state index contributed by atoms with van der Waals surface area (Å²) in [7, 11) is 0. The third-order valence-corrected chi connectivity index (χ3v) is 3.32. The van der Waals surface area contributed by atoms with Gasteiger partial charge in [0.25, 0.3) is 0 Å². The van der Waals surface area contributed by atoms with E-state index >= 15 is 0 Å². The van der Waals surface area contributed by atoms with Gasteiger partial charge in [0.05, 0.1) is 11.1 Å². The number of fused-ring (bicyclic) bond motifs is 1. The van der Waals surface area contributed by atoms with E-state index in [-0.39, 0.29) is 23.6 Å². The molecule has 0 aliphatic carbocycles. The molecule has 0 spiro atoms. The molecule has 0 aliphatic rings. The Hall–Kier alpha value is -2.57. The van der Waals surface area contributed by atoms with Crippen LogP contribution >= 0.6 is 0 Å². The molecular weight excluding hydrogens is 276 g/mol. The molecule has 7 heteroatoms. The normalized spacial score (nSPS) is 10.8. The molecule has 0 radical (unpaired) electrons. The molecule has 1 aromatic carbocycles. The van der Waals surface area contributed by atoms with Crippen molar-refractivity contribution in [3.05, 3.63) is 34.3 Å². The van der Waals surface area contributed by atoms with E-state index in [4.69, 9.17) is 9.52 Å². The van der Waals surface area contributed by atoms with E-state index in [1.165, 1.54) is 18.2 Å². The van der Waals surface area contributed by atoms with Crippen LogP contribution in [-0.2, 0) is 11.3 Å². The van der Waals surface area contributed by atoms with Crippen molar-refractivity contribution in [2.75, 3.05) is 13.1 Å². The van der Waals surface area contributed by atoms with Crippen LogP contribution in [0.25, 0.3) is 11.1 Å². The summed E-state index contributed by atoms with van der Waals surface area (Å²) in [4.78, 5) is 36.5. The molecule has 0 aliphatic heterocycles. The molecule has 0 fully saturated rings. The van der Waals surface area contributed by atoms with Gasteiger partial charge in [0.1, 0.15) is 6.54 Å². The molecule has 2 rings (SSSR count). The zero-order valence-corrected chi connectivity index (χ0v) is 11.8. The van der Waals surface area contributed by atoms with Gasteiger partial charge in [-0.05, 0) is 32.0 Å². The second kappa shape index (κ2) is 5.82. The number of aromatic nitrogens is 1. The summed E-state index contributed by atoms with van der Waals surface area (Å²) in [6.07, 6.45) is 0. The van der Waals surface area contributed by atoms with Crippen molar-refractivity contribution < 1.29 is 19.1 Å². The predicted octanol–water partition coefficient (Wildman–Crippen LogP) is 1.16. The SMILES string of the molecule is CCN(CC)C(=O)Cn1c(=O)oc2ccc(C(=O)O)cc21. The summed E-state index contributed by atoms with van der Waals surface area (Å²) in [5, 5.41) is 9.00. The van der Waals surface area contributed by atoms with E-state index < -0.39 is 11.7 Å². The molecule has 21 heavy (non-hydrogen) atoms. The summed E-state index contributed by atoms with van der Waals surface area (Å²) >= 11 is 0. The van der Waals surface area contributed by atoms with Gasteiger partial charge in [0.2, 0.25) is 5.91 Å². The van der Waals surface area contributed by atoms with E-state index in [1.807, 2.05) is 13.8 Å². The zero-order chi connectivity index (χ0) is 15.6. The number of amides is 1. The van der Waals surface area contributed by atoms with Crippen molar-refractivity contribution in [3.8, 4) is 0 Å². The van der Waals surface area contributed by atoms with Crippen molar-refractivity contribution in [1.29, 1.82) is 0 Å². The number of hydrogen-bond donors (Lipinski definition) is 1. The molecule has 0 saturated carbocycles. The quantitative estimate of drug-likeness (QED) is 0.892. The fraction of sp³-hybridized carbons (Fsp3) is 0.357. The van der Waals surface area contributed by atoms with Crippen LogP contribution in [0.3, 0.4) is 0 Å². The van der Waals surface area contributed by atoms with Crippen molar-refractivity contribution in [2.45, 2.75) is 20.4 Å². The van der Waals surface area contributed by atoms with E-state index in [2.05, 4.69) is 0 Å². The standard InChI is InChI=1S/C14H16N2O5/c1-3-15(4-2)12(17)8-16-10-7-9(13(18)19)5-6-11(10)21-14(16)20/h5-7H,3-4,8H2,1-2H3,(H,18,19). The van der Waals surface area contributed by atoms with Crippen LogP contribution in [0.2, 0.25) is 0 Å². The molecule has 1 amide bonds. The molecule has 0 saturated heterocycles. The molecule has 1 N–H and O–H groups in total. The molecule has 0 unspecified atom stereocenters. The van der Waals surface area contributed by atoms with E-state index in [0.29, 0.717) is 18.6 Å². The number of carbonyl (C=O) groups excluding carboxylic acids is 1. The fourth-order valence-electron chi connectivity index (χ4n) is 2.16. The third-order valence-electron chi connectivity index (χ3n) is 3.32. The van der Waals surface area contributed by atoms with Crippen molar-refractivity contribution in [1.82, 2.24) is 9.47 Å². The van der Waals surface area contributed by atoms with Gasteiger partial charge >= 0.3 is 11.7 Å². The first kappa shape index (κ1) is 14.8. The Kier molecular flexibility index (Phi) is 4.11. The smallest absolute Gasteiger partial charge is 0.420 e. The van der Waals surface area contributed by atoms with E-state index in [1.54, 1.807) is 4.90 Å². The first-order valence-electron chi connectivity index (χ1n) is 6.62. The van der Waals surface area contributed by atoms with Crippen LogP contribution in [0.15, 0.2) is 27.4 Å². The number of carbonyl (C=O) groups is 2. The molecule has 112 valence electrons. The minimum absolute atomic E-state index is 0.0346. The maximum Gasteiger partial charge on any atom is 0.420 e. The lowest BCUT2D eigenvalue weighted by molar-refractivity contribution is -0.131. The van der Waals surface area contributed by atoms with Gasteiger partial charge in [-0.25, -0.2) is 9.59 Å². The summed E-state index contributed by atoms with van der Waals surface area (Å²) in [5.74, 6) is -1.99.